The summed E-state index contributed by atoms with van der Waals surface area (Å²) in [5, 5.41) is 16.3. The molecule has 4 aromatic rings. The average Bonchev–Trinajstić information content (AvgIpc) is 3.29. The number of amides is 2. The maximum absolute atomic E-state index is 13.2. The number of hydrogen-bond acceptors (Lipinski definition) is 5. The van der Waals surface area contributed by atoms with Crippen molar-refractivity contribution < 1.29 is 19.5 Å². The average molecular weight is 554 g/mol. The standard InChI is InChI=1S/C32H35N5O4/c1-32(2,3)29(30(40)41)23-16-17-28(39)37(26-11-7-4-8-22(23)26)19-27(38)33-18-20-12-14-21(15-13-20)34-31-35-24-9-5-6-10-25(24)36-31/h4-15,23,29H,16-19H2,1-3H3,(H,33,38)(H,40,41)(H2,34,35,36). The van der Waals surface area contributed by atoms with Gasteiger partial charge in [-0.05, 0) is 53.3 Å². The molecule has 0 radical (unpaired) electrons. The number of fused-ring (bicyclic) bond motifs is 2. The van der Waals surface area contributed by atoms with Crippen LogP contribution in [0, 0.1) is 11.3 Å². The summed E-state index contributed by atoms with van der Waals surface area (Å²) in [4.78, 5) is 47.8. The maximum Gasteiger partial charge on any atom is 0.307 e. The highest BCUT2D eigenvalue weighted by Crippen LogP contribution is 2.45. The summed E-state index contributed by atoms with van der Waals surface area (Å²) in [6, 6.07) is 22.8. The van der Waals surface area contributed by atoms with E-state index in [2.05, 4.69) is 20.6 Å². The van der Waals surface area contributed by atoms with Crippen molar-refractivity contribution in [2.45, 2.75) is 46.1 Å². The van der Waals surface area contributed by atoms with E-state index in [4.69, 9.17) is 0 Å². The van der Waals surface area contributed by atoms with E-state index in [1.54, 1.807) is 6.07 Å². The minimum Gasteiger partial charge on any atom is -0.481 e. The number of carbonyl (C=O) groups is 3. The molecule has 1 aliphatic rings. The Bertz CT molecular complexity index is 1540. The first-order valence-corrected chi connectivity index (χ1v) is 13.8. The maximum atomic E-state index is 13.2. The summed E-state index contributed by atoms with van der Waals surface area (Å²) >= 11 is 0. The zero-order valence-corrected chi connectivity index (χ0v) is 23.5. The van der Waals surface area contributed by atoms with E-state index >= 15 is 0 Å². The second-order valence-corrected chi connectivity index (χ2v) is 11.6. The first-order valence-electron chi connectivity index (χ1n) is 13.8. The Hall–Kier alpha value is -4.66. The molecule has 0 saturated carbocycles. The number of rotatable bonds is 8. The summed E-state index contributed by atoms with van der Waals surface area (Å²) in [7, 11) is 0. The third kappa shape index (κ3) is 6.24. The number of hydrogen-bond donors (Lipinski definition) is 4. The number of anilines is 3. The molecule has 5 rings (SSSR count). The number of para-hydroxylation sites is 3. The number of H-pyrrole nitrogens is 1. The van der Waals surface area contributed by atoms with Gasteiger partial charge in [-0.15, -0.1) is 0 Å². The fraction of sp³-hybridized carbons (Fsp3) is 0.312. The Morgan fingerprint density at radius 3 is 2.46 bits per heavy atom. The Labute approximate surface area is 239 Å². The second-order valence-electron chi connectivity index (χ2n) is 11.6. The van der Waals surface area contributed by atoms with E-state index in [9.17, 15) is 19.5 Å². The number of benzene rings is 3. The van der Waals surface area contributed by atoms with E-state index in [0.717, 1.165) is 27.8 Å². The van der Waals surface area contributed by atoms with Crippen molar-refractivity contribution in [3.8, 4) is 0 Å². The molecule has 41 heavy (non-hydrogen) atoms. The van der Waals surface area contributed by atoms with Crippen LogP contribution < -0.4 is 15.5 Å². The number of nitrogens with one attached hydrogen (secondary N) is 3. The molecule has 0 aliphatic carbocycles. The fourth-order valence-corrected chi connectivity index (χ4v) is 5.67. The van der Waals surface area contributed by atoms with Gasteiger partial charge in [-0.3, -0.25) is 14.4 Å². The SMILES string of the molecule is CC(C)(C)C(C(=O)O)C1CCC(=O)N(CC(=O)NCc2ccc(Nc3nc4ccccc4[nH]3)cc2)c2ccccc21. The number of carbonyl (C=O) groups excluding carboxylic acids is 2. The molecule has 0 spiro atoms. The van der Waals surface area contributed by atoms with Gasteiger partial charge in [0.25, 0.3) is 0 Å². The van der Waals surface area contributed by atoms with Gasteiger partial charge in [-0.2, -0.15) is 0 Å². The van der Waals surface area contributed by atoms with Crippen molar-refractivity contribution in [1.29, 1.82) is 0 Å². The summed E-state index contributed by atoms with van der Waals surface area (Å²) in [5.41, 5.74) is 4.49. The van der Waals surface area contributed by atoms with Crippen molar-refractivity contribution in [1.82, 2.24) is 15.3 Å². The zero-order chi connectivity index (χ0) is 29.1. The number of nitrogens with zero attached hydrogens (tertiary/aromatic N) is 2. The van der Waals surface area contributed by atoms with Gasteiger partial charge in [0.1, 0.15) is 6.54 Å². The van der Waals surface area contributed by atoms with Crippen LogP contribution in [-0.2, 0) is 20.9 Å². The van der Waals surface area contributed by atoms with Crippen molar-refractivity contribution in [2.75, 3.05) is 16.8 Å². The van der Waals surface area contributed by atoms with Crippen molar-refractivity contribution in [3.05, 3.63) is 83.9 Å². The molecule has 1 aromatic heterocycles. The first kappa shape index (κ1) is 27.9. The molecule has 9 heteroatoms. The first-order chi connectivity index (χ1) is 19.6. The van der Waals surface area contributed by atoms with E-state index < -0.39 is 17.3 Å². The van der Waals surface area contributed by atoms with Crippen LogP contribution in [0.4, 0.5) is 17.3 Å². The summed E-state index contributed by atoms with van der Waals surface area (Å²) < 4.78 is 0. The predicted molar refractivity (Wildman–Crippen MR) is 159 cm³/mol. The van der Waals surface area contributed by atoms with Crippen LogP contribution >= 0.6 is 0 Å². The summed E-state index contributed by atoms with van der Waals surface area (Å²) in [6.07, 6.45) is 0.586. The lowest BCUT2D eigenvalue weighted by Gasteiger charge is -2.34. The molecule has 0 bridgehead atoms. The van der Waals surface area contributed by atoms with Crippen molar-refractivity contribution in [3.63, 3.8) is 0 Å². The van der Waals surface area contributed by atoms with Crippen LogP contribution in [-0.4, -0.2) is 39.4 Å². The molecule has 2 unspecified atom stereocenters. The highest BCUT2D eigenvalue weighted by Gasteiger charge is 2.42. The van der Waals surface area contributed by atoms with Gasteiger partial charge in [0, 0.05) is 30.3 Å². The lowest BCUT2D eigenvalue weighted by atomic mass is 9.69. The van der Waals surface area contributed by atoms with E-state index in [1.807, 2.05) is 87.5 Å². The highest BCUT2D eigenvalue weighted by atomic mass is 16.4. The van der Waals surface area contributed by atoms with Gasteiger partial charge in [-0.1, -0.05) is 63.2 Å². The van der Waals surface area contributed by atoms with Crippen LogP contribution in [0.3, 0.4) is 0 Å². The van der Waals surface area contributed by atoms with Gasteiger partial charge in [-0.25, -0.2) is 4.98 Å². The number of aromatic nitrogens is 2. The third-order valence-corrected chi connectivity index (χ3v) is 7.60. The molecule has 2 atom stereocenters. The Kier molecular flexibility index (Phi) is 7.79. The lowest BCUT2D eigenvalue weighted by Crippen LogP contribution is -2.40. The topological polar surface area (TPSA) is 127 Å². The number of aromatic amines is 1. The largest absolute Gasteiger partial charge is 0.481 e. The highest BCUT2D eigenvalue weighted by molar-refractivity contribution is 6.00. The number of carboxylic acids is 1. The van der Waals surface area contributed by atoms with Crippen LogP contribution in [0.15, 0.2) is 72.8 Å². The number of aliphatic carboxylic acids is 1. The normalized spacial score (nSPS) is 16.1. The van der Waals surface area contributed by atoms with Gasteiger partial charge in [0.15, 0.2) is 0 Å². The molecule has 2 heterocycles. The number of carboxylic acid groups (broad SMARTS) is 1. The van der Waals surface area contributed by atoms with Crippen LogP contribution in [0.1, 0.15) is 50.7 Å². The molecule has 212 valence electrons. The van der Waals surface area contributed by atoms with Crippen molar-refractivity contribution in [2.24, 2.45) is 11.3 Å². The summed E-state index contributed by atoms with van der Waals surface area (Å²) in [5.74, 6) is -1.72. The molecule has 0 fully saturated rings. The van der Waals surface area contributed by atoms with Gasteiger partial charge >= 0.3 is 5.97 Å². The molecule has 2 amide bonds. The molecular weight excluding hydrogens is 518 g/mol. The molecule has 0 saturated heterocycles. The lowest BCUT2D eigenvalue weighted by molar-refractivity contribution is -0.147. The van der Waals surface area contributed by atoms with Gasteiger partial charge in [0.05, 0.1) is 17.0 Å². The Morgan fingerprint density at radius 1 is 1.05 bits per heavy atom. The van der Waals surface area contributed by atoms with E-state index in [0.29, 0.717) is 24.6 Å². The molecule has 1 aliphatic heterocycles. The minimum atomic E-state index is -0.880. The zero-order valence-electron chi connectivity index (χ0n) is 23.5. The molecular formula is C32H35N5O4. The van der Waals surface area contributed by atoms with E-state index in [1.165, 1.54) is 4.90 Å². The number of imidazole rings is 1. The second kappa shape index (κ2) is 11.4. The van der Waals surface area contributed by atoms with Gasteiger partial charge < -0.3 is 25.6 Å². The quantitative estimate of drug-likeness (QED) is 0.226. The predicted octanol–water partition coefficient (Wildman–Crippen LogP) is 5.58. The summed E-state index contributed by atoms with van der Waals surface area (Å²) in [6.45, 7) is 5.90. The van der Waals surface area contributed by atoms with Crippen molar-refractivity contribution >= 4 is 46.1 Å². The van der Waals surface area contributed by atoms with Crippen LogP contribution in [0.5, 0.6) is 0 Å². The minimum absolute atomic E-state index is 0.137. The molecule has 9 nitrogen and oxygen atoms in total. The fourth-order valence-electron chi connectivity index (χ4n) is 5.67. The molecule has 4 N–H and O–H groups in total. The Morgan fingerprint density at radius 2 is 1.76 bits per heavy atom. The van der Waals surface area contributed by atoms with E-state index in [-0.39, 0.29) is 30.7 Å². The Balaban J connectivity index is 1.24. The van der Waals surface area contributed by atoms with Crippen LogP contribution in [0.2, 0.25) is 0 Å². The van der Waals surface area contributed by atoms with Crippen LogP contribution in [0.25, 0.3) is 11.0 Å². The third-order valence-electron chi connectivity index (χ3n) is 7.60. The smallest absolute Gasteiger partial charge is 0.307 e. The van der Waals surface area contributed by atoms with Gasteiger partial charge in [0.2, 0.25) is 17.8 Å². The molecule has 3 aromatic carbocycles. The monoisotopic (exact) mass is 553 g/mol.